The van der Waals surface area contributed by atoms with Crippen molar-refractivity contribution >= 4 is 23.8 Å². The van der Waals surface area contributed by atoms with Gasteiger partial charge in [0.25, 0.3) is 0 Å². The molecule has 0 bridgehead atoms. The molecule has 26 heavy (non-hydrogen) atoms. The number of ether oxygens (including phenoxy) is 1. The van der Waals surface area contributed by atoms with Gasteiger partial charge in [0, 0.05) is 30.9 Å². The van der Waals surface area contributed by atoms with Crippen LogP contribution in [0.15, 0.2) is 53.1 Å². The number of urea groups is 1. The Bertz CT molecular complexity index is 858. The Balaban J connectivity index is 1.97. The van der Waals surface area contributed by atoms with Gasteiger partial charge in [-0.3, -0.25) is 0 Å². The van der Waals surface area contributed by atoms with Crippen molar-refractivity contribution in [1.29, 1.82) is 0 Å². The normalized spacial score (nSPS) is 16.9. The largest absolute Gasteiger partial charge is 0.466 e. The van der Waals surface area contributed by atoms with Crippen LogP contribution in [-0.4, -0.2) is 34.4 Å². The average Bonchev–Trinajstić information content (AvgIpc) is 3.04. The first-order valence-corrected chi connectivity index (χ1v) is 9.03. The molecule has 0 aliphatic carbocycles. The van der Waals surface area contributed by atoms with E-state index in [1.807, 2.05) is 49.0 Å². The molecule has 2 N–H and O–H groups in total. The number of esters is 1. The number of methoxy groups -OCH3 is 1. The summed E-state index contributed by atoms with van der Waals surface area (Å²) in [5, 5.41) is 6.35. The quantitative estimate of drug-likeness (QED) is 0.621. The topological polar surface area (TPSA) is 85.2 Å². The number of aromatic nitrogens is 2. The summed E-state index contributed by atoms with van der Waals surface area (Å²) in [6, 6.07) is 6.78. The summed E-state index contributed by atoms with van der Waals surface area (Å²) >= 11 is 1.44. The van der Waals surface area contributed by atoms with Gasteiger partial charge in [-0.25, -0.2) is 14.6 Å². The maximum absolute atomic E-state index is 12.5. The molecular weight excluding hydrogens is 352 g/mol. The van der Waals surface area contributed by atoms with E-state index in [9.17, 15) is 9.59 Å². The highest BCUT2D eigenvalue weighted by Crippen LogP contribution is 2.30. The van der Waals surface area contributed by atoms with Crippen LogP contribution in [0.3, 0.4) is 0 Å². The SMILES string of the molecule is COC(=O)C1=C(CSc2nccn2C)NC(=O)N[C@H]1c1ccc(C)cc1. The molecule has 3 rings (SSSR count). The van der Waals surface area contributed by atoms with Gasteiger partial charge in [-0.15, -0.1) is 0 Å². The lowest BCUT2D eigenvalue weighted by Gasteiger charge is -2.29. The number of thioether (sulfide) groups is 1. The second kappa shape index (κ2) is 7.65. The molecule has 0 saturated carbocycles. The predicted octanol–water partition coefficient (Wildman–Crippen LogP) is 2.30. The summed E-state index contributed by atoms with van der Waals surface area (Å²) in [5.41, 5.74) is 2.85. The van der Waals surface area contributed by atoms with Crippen molar-refractivity contribution in [2.24, 2.45) is 7.05 Å². The Morgan fingerprint density at radius 2 is 2.08 bits per heavy atom. The first-order valence-electron chi connectivity index (χ1n) is 8.05. The summed E-state index contributed by atoms with van der Waals surface area (Å²) < 4.78 is 6.85. The molecular formula is C18H20N4O3S. The minimum Gasteiger partial charge on any atom is -0.466 e. The molecule has 136 valence electrons. The van der Waals surface area contributed by atoms with E-state index in [4.69, 9.17) is 4.74 Å². The Hall–Kier alpha value is -2.74. The molecule has 0 unspecified atom stereocenters. The lowest BCUT2D eigenvalue weighted by Crippen LogP contribution is -2.46. The van der Waals surface area contributed by atoms with Crippen LogP contribution >= 0.6 is 11.8 Å². The second-order valence-electron chi connectivity index (χ2n) is 5.94. The van der Waals surface area contributed by atoms with Crippen molar-refractivity contribution in [3.8, 4) is 0 Å². The van der Waals surface area contributed by atoms with Crippen LogP contribution in [0.4, 0.5) is 4.79 Å². The highest BCUT2D eigenvalue weighted by atomic mass is 32.2. The third-order valence-corrected chi connectivity index (χ3v) is 5.18. The van der Waals surface area contributed by atoms with Crippen LogP contribution in [-0.2, 0) is 16.6 Å². The molecule has 1 aliphatic heterocycles. The van der Waals surface area contributed by atoms with Crippen LogP contribution < -0.4 is 10.6 Å². The third kappa shape index (κ3) is 3.75. The fourth-order valence-electron chi connectivity index (χ4n) is 2.72. The smallest absolute Gasteiger partial charge is 0.338 e. The van der Waals surface area contributed by atoms with Crippen LogP contribution in [0.25, 0.3) is 0 Å². The maximum Gasteiger partial charge on any atom is 0.338 e. The lowest BCUT2D eigenvalue weighted by atomic mass is 9.95. The Morgan fingerprint density at radius 3 is 2.69 bits per heavy atom. The zero-order chi connectivity index (χ0) is 18.7. The number of carbonyl (C=O) groups is 2. The van der Waals surface area contributed by atoms with Crippen molar-refractivity contribution < 1.29 is 14.3 Å². The van der Waals surface area contributed by atoms with E-state index in [1.54, 1.807) is 6.20 Å². The monoisotopic (exact) mass is 372 g/mol. The van der Waals surface area contributed by atoms with Crippen molar-refractivity contribution in [1.82, 2.24) is 20.2 Å². The van der Waals surface area contributed by atoms with Gasteiger partial charge in [0.2, 0.25) is 0 Å². The van der Waals surface area contributed by atoms with Crippen LogP contribution in [0.1, 0.15) is 17.2 Å². The zero-order valence-electron chi connectivity index (χ0n) is 14.8. The van der Waals surface area contributed by atoms with Gasteiger partial charge in [-0.2, -0.15) is 0 Å². The van der Waals surface area contributed by atoms with Crippen LogP contribution in [0, 0.1) is 6.92 Å². The lowest BCUT2D eigenvalue weighted by molar-refractivity contribution is -0.136. The number of hydrogen-bond acceptors (Lipinski definition) is 5. The first kappa shape index (κ1) is 18.1. The molecule has 0 fully saturated rings. The molecule has 0 saturated heterocycles. The molecule has 0 radical (unpaired) electrons. The number of imidazole rings is 1. The van der Waals surface area contributed by atoms with Crippen molar-refractivity contribution in [3.63, 3.8) is 0 Å². The van der Waals surface area contributed by atoms with Gasteiger partial charge in [0.15, 0.2) is 5.16 Å². The molecule has 1 aliphatic rings. The fourth-order valence-corrected chi connectivity index (χ4v) is 3.62. The molecule has 2 heterocycles. The minimum absolute atomic E-state index is 0.348. The molecule has 0 spiro atoms. The van der Waals surface area contributed by atoms with E-state index in [2.05, 4.69) is 15.6 Å². The highest BCUT2D eigenvalue weighted by molar-refractivity contribution is 7.99. The molecule has 2 aromatic rings. The summed E-state index contributed by atoms with van der Waals surface area (Å²) in [4.78, 5) is 28.9. The predicted molar refractivity (Wildman–Crippen MR) is 98.6 cm³/mol. The molecule has 1 aromatic heterocycles. The zero-order valence-corrected chi connectivity index (χ0v) is 15.6. The number of rotatable bonds is 5. The van der Waals surface area contributed by atoms with E-state index in [-0.39, 0.29) is 6.03 Å². The number of hydrogen-bond donors (Lipinski definition) is 2. The molecule has 1 aromatic carbocycles. The number of nitrogens with one attached hydrogen (secondary N) is 2. The Kier molecular flexibility index (Phi) is 5.32. The number of benzene rings is 1. The summed E-state index contributed by atoms with van der Waals surface area (Å²) in [6.07, 6.45) is 3.54. The fraction of sp³-hybridized carbons (Fsp3) is 0.278. The van der Waals surface area contributed by atoms with E-state index >= 15 is 0 Å². The van der Waals surface area contributed by atoms with Gasteiger partial charge < -0.3 is 19.9 Å². The van der Waals surface area contributed by atoms with Gasteiger partial charge in [-0.05, 0) is 12.5 Å². The molecule has 1 atom stereocenters. The number of nitrogens with zero attached hydrogens (tertiary/aromatic N) is 2. The van der Waals surface area contributed by atoms with Crippen molar-refractivity contribution in [2.45, 2.75) is 18.1 Å². The summed E-state index contributed by atoms with van der Waals surface area (Å²) in [5.74, 6) is -0.0797. The van der Waals surface area contributed by atoms with E-state index < -0.39 is 12.0 Å². The third-order valence-electron chi connectivity index (χ3n) is 4.09. The number of carbonyl (C=O) groups excluding carboxylic acids is 2. The standard InChI is InChI=1S/C18H20N4O3S/c1-11-4-6-12(7-5-11)15-14(16(23)25-3)13(20-17(24)21-15)10-26-18-19-8-9-22(18)2/h4-9,15H,10H2,1-3H3,(H2,20,21,24)/t15-/m0/s1. The number of aryl methyl sites for hydroxylation is 2. The van der Waals surface area contributed by atoms with Gasteiger partial charge in [-0.1, -0.05) is 41.6 Å². The van der Waals surface area contributed by atoms with Gasteiger partial charge in [0.05, 0.1) is 18.7 Å². The van der Waals surface area contributed by atoms with E-state index in [1.165, 1.54) is 18.9 Å². The molecule has 7 nitrogen and oxygen atoms in total. The van der Waals surface area contributed by atoms with Crippen molar-refractivity contribution in [2.75, 3.05) is 12.9 Å². The van der Waals surface area contributed by atoms with E-state index in [0.717, 1.165) is 16.3 Å². The van der Waals surface area contributed by atoms with E-state index in [0.29, 0.717) is 17.0 Å². The minimum atomic E-state index is -0.561. The van der Waals surface area contributed by atoms with Crippen LogP contribution in [0.5, 0.6) is 0 Å². The van der Waals surface area contributed by atoms with Gasteiger partial charge >= 0.3 is 12.0 Å². The maximum atomic E-state index is 12.5. The number of amides is 2. The van der Waals surface area contributed by atoms with Crippen LogP contribution in [0.2, 0.25) is 0 Å². The second-order valence-corrected chi connectivity index (χ2v) is 6.88. The average molecular weight is 372 g/mol. The Labute approximate surface area is 155 Å². The summed E-state index contributed by atoms with van der Waals surface area (Å²) in [7, 11) is 3.22. The highest BCUT2D eigenvalue weighted by Gasteiger charge is 2.33. The van der Waals surface area contributed by atoms with Crippen molar-refractivity contribution in [3.05, 3.63) is 59.1 Å². The first-order chi connectivity index (χ1) is 12.5. The Morgan fingerprint density at radius 1 is 1.35 bits per heavy atom. The van der Waals surface area contributed by atoms with Gasteiger partial charge in [0.1, 0.15) is 0 Å². The summed E-state index contributed by atoms with van der Waals surface area (Å²) in [6.45, 7) is 1.98. The molecule has 8 heteroatoms. The molecule has 2 amide bonds.